The highest BCUT2D eigenvalue weighted by molar-refractivity contribution is 7.89. The Hall–Kier alpha value is -2.99. The molecule has 3 rings (SSSR count). The Balaban J connectivity index is 1.46. The molecular formula is C21H20F4N2O5S. The Labute approximate surface area is 187 Å². The molecule has 0 saturated carbocycles. The summed E-state index contributed by atoms with van der Waals surface area (Å²) < 4.78 is 82.1. The van der Waals surface area contributed by atoms with Crippen LogP contribution in [0.4, 0.5) is 23.2 Å². The van der Waals surface area contributed by atoms with Crippen molar-refractivity contribution in [1.29, 1.82) is 0 Å². The van der Waals surface area contributed by atoms with Crippen LogP contribution in [0.2, 0.25) is 0 Å². The standard InChI is InChI=1S/C21H20F4N2O5S/c22-16-3-7-18(8-4-16)33(30,31)27-11-9-14(10-12-27)20(29)32-13-19(28)26-17-5-1-15(2-6-17)21(23,24)25/h1-8,14H,9-13H2,(H,26,28). The quantitative estimate of drug-likeness (QED) is 0.497. The third kappa shape index (κ3) is 6.29. The smallest absolute Gasteiger partial charge is 0.416 e. The zero-order valence-corrected chi connectivity index (χ0v) is 18.0. The van der Waals surface area contributed by atoms with Crippen molar-refractivity contribution in [2.45, 2.75) is 23.9 Å². The molecular weight excluding hydrogens is 468 g/mol. The van der Waals surface area contributed by atoms with Crippen LogP contribution in [0.3, 0.4) is 0 Å². The zero-order chi connectivity index (χ0) is 24.2. The van der Waals surface area contributed by atoms with E-state index in [9.17, 15) is 35.6 Å². The Morgan fingerprint density at radius 3 is 2.12 bits per heavy atom. The molecule has 178 valence electrons. The largest absolute Gasteiger partial charge is 0.455 e. The van der Waals surface area contributed by atoms with Crippen molar-refractivity contribution in [2.75, 3.05) is 25.0 Å². The first-order chi connectivity index (χ1) is 15.5. The molecule has 1 N–H and O–H groups in total. The molecule has 0 aromatic heterocycles. The lowest BCUT2D eigenvalue weighted by atomic mass is 9.98. The fourth-order valence-corrected chi connectivity index (χ4v) is 4.75. The number of nitrogens with one attached hydrogen (secondary N) is 1. The number of esters is 1. The molecule has 2 aromatic carbocycles. The van der Waals surface area contributed by atoms with Crippen LogP contribution in [0.15, 0.2) is 53.4 Å². The van der Waals surface area contributed by atoms with E-state index in [1.807, 2.05) is 0 Å². The van der Waals surface area contributed by atoms with Gasteiger partial charge in [0.25, 0.3) is 5.91 Å². The number of nitrogens with zero attached hydrogens (tertiary/aromatic N) is 1. The number of hydrogen-bond donors (Lipinski definition) is 1. The van der Waals surface area contributed by atoms with E-state index in [-0.39, 0.29) is 36.5 Å². The Bertz CT molecular complexity index is 1090. The minimum atomic E-state index is -4.49. The zero-order valence-electron chi connectivity index (χ0n) is 17.1. The molecule has 33 heavy (non-hydrogen) atoms. The molecule has 0 aliphatic carbocycles. The van der Waals surface area contributed by atoms with Gasteiger partial charge in [0.1, 0.15) is 5.82 Å². The summed E-state index contributed by atoms with van der Waals surface area (Å²) >= 11 is 0. The fraction of sp³-hybridized carbons (Fsp3) is 0.333. The first kappa shape index (κ1) is 24.6. The molecule has 1 aliphatic rings. The molecule has 1 aliphatic heterocycles. The maximum absolute atomic E-state index is 13.0. The number of rotatable bonds is 6. The molecule has 0 bridgehead atoms. The lowest BCUT2D eigenvalue weighted by molar-refractivity contribution is -0.152. The van der Waals surface area contributed by atoms with Crippen LogP contribution < -0.4 is 5.32 Å². The van der Waals surface area contributed by atoms with Crippen molar-refractivity contribution >= 4 is 27.6 Å². The van der Waals surface area contributed by atoms with Gasteiger partial charge in [-0.3, -0.25) is 9.59 Å². The third-order valence-electron chi connectivity index (χ3n) is 5.08. The number of piperidine rings is 1. The SMILES string of the molecule is O=C(COC(=O)C1CCN(S(=O)(=O)c2ccc(F)cc2)CC1)Nc1ccc(C(F)(F)F)cc1. The number of carbonyl (C=O) groups excluding carboxylic acids is 2. The summed E-state index contributed by atoms with van der Waals surface area (Å²) in [5, 5.41) is 2.33. The number of carbonyl (C=O) groups is 2. The van der Waals surface area contributed by atoms with E-state index in [4.69, 9.17) is 4.74 Å². The summed E-state index contributed by atoms with van der Waals surface area (Å²) in [5.74, 6) is -2.56. The topological polar surface area (TPSA) is 92.8 Å². The van der Waals surface area contributed by atoms with E-state index in [1.54, 1.807) is 0 Å². The summed E-state index contributed by atoms with van der Waals surface area (Å²) in [7, 11) is -3.82. The molecule has 1 heterocycles. The van der Waals surface area contributed by atoms with Gasteiger partial charge in [-0.15, -0.1) is 0 Å². The van der Waals surface area contributed by atoms with E-state index < -0.39 is 52.0 Å². The van der Waals surface area contributed by atoms with Crippen LogP contribution in [-0.4, -0.2) is 44.3 Å². The number of benzene rings is 2. The Morgan fingerprint density at radius 1 is 1.00 bits per heavy atom. The minimum absolute atomic E-state index is 0.0511. The van der Waals surface area contributed by atoms with E-state index in [0.717, 1.165) is 36.4 Å². The average molecular weight is 488 g/mol. The lowest BCUT2D eigenvalue weighted by Gasteiger charge is -2.30. The number of ether oxygens (including phenoxy) is 1. The van der Waals surface area contributed by atoms with Gasteiger partial charge in [0.05, 0.1) is 16.4 Å². The summed E-state index contributed by atoms with van der Waals surface area (Å²) in [5.41, 5.74) is -0.747. The first-order valence-corrected chi connectivity index (χ1v) is 11.3. The van der Waals surface area contributed by atoms with Crippen LogP contribution in [0.25, 0.3) is 0 Å². The number of hydrogen-bond acceptors (Lipinski definition) is 5. The first-order valence-electron chi connectivity index (χ1n) is 9.86. The maximum Gasteiger partial charge on any atom is 0.416 e. The van der Waals surface area contributed by atoms with Gasteiger partial charge in [-0.1, -0.05) is 0 Å². The Morgan fingerprint density at radius 2 is 1.58 bits per heavy atom. The molecule has 1 amide bonds. The van der Waals surface area contributed by atoms with E-state index in [0.29, 0.717) is 0 Å². The van der Waals surface area contributed by atoms with Crippen molar-refractivity contribution in [3.63, 3.8) is 0 Å². The van der Waals surface area contributed by atoms with Crippen molar-refractivity contribution < 1.29 is 40.3 Å². The summed E-state index contributed by atoms with van der Waals surface area (Å²) in [6, 6.07) is 8.23. The summed E-state index contributed by atoms with van der Waals surface area (Å²) in [6.45, 7) is -0.525. The fourth-order valence-electron chi connectivity index (χ4n) is 3.28. The van der Waals surface area contributed by atoms with Crippen LogP contribution >= 0.6 is 0 Å². The molecule has 7 nitrogen and oxygen atoms in total. The second-order valence-corrected chi connectivity index (χ2v) is 9.30. The molecule has 1 fully saturated rings. The number of anilines is 1. The van der Waals surface area contributed by atoms with Crippen molar-refractivity contribution in [3.8, 4) is 0 Å². The van der Waals surface area contributed by atoms with Gasteiger partial charge in [0.15, 0.2) is 6.61 Å². The molecule has 0 spiro atoms. The highest BCUT2D eigenvalue weighted by Crippen LogP contribution is 2.30. The van der Waals surface area contributed by atoms with Crippen molar-refractivity contribution in [1.82, 2.24) is 4.31 Å². The van der Waals surface area contributed by atoms with Gasteiger partial charge in [-0.05, 0) is 61.4 Å². The van der Waals surface area contributed by atoms with Crippen molar-refractivity contribution in [2.24, 2.45) is 5.92 Å². The number of sulfonamides is 1. The van der Waals surface area contributed by atoms with Crippen LogP contribution in [0.1, 0.15) is 18.4 Å². The van der Waals surface area contributed by atoms with Gasteiger partial charge in [0.2, 0.25) is 10.0 Å². The van der Waals surface area contributed by atoms with Gasteiger partial charge >= 0.3 is 12.1 Å². The van der Waals surface area contributed by atoms with Gasteiger partial charge in [0, 0.05) is 18.8 Å². The number of amides is 1. The lowest BCUT2D eigenvalue weighted by Crippen LogP contribution is -2.40. The highest BCUT2D eigenvalue weighted by atomic mass is 32.2. The van der Waals surface area contributed by atoms with Crippen molar-refractivity contribution in [3.05, 3.63) is 59.9 Å². The molecule has 1 saturated heterocycles. The van der Waals surface area contributed by atoms with Crippen LogP contribution in [0.5, 0.6) is 0 Å². The average Bonchev–Trinajstić information content (AvgIpc) is 2.77. The second kappa shape index (κ2) is 9.87. The van der Waals surface area contributed by atoms with E-state index >= 15 is 0 Å². The minimum Gasteiger partial charge on any atom is -0.455 e. The summed E-state index contributed by atoms with van der Waals surface area (Å²) in [6.07, 6.45) is -4.13. The van der Waals surface area contributed by atoms with E-state index in [2.05, 4.69) is 5.32 Å². The number of alkyl halides is 3. The predicted molar refractivity (Wildman–Crippen MR) is 109 cm³/mol. The Kier molecular flexibility index (Phi) is 7.38. The second-order valence-electron chi connectivity index (χ2n) is 7.36. The third-order valence-corrected chi connectivity index (χ3v) is 6.99. The monoisotopic (exact) mass is 488 g/mol. The van der Waals surface area contributed by atoms with Gasteiger partial charge in [-0.2, -0.15) is 17.5 Å². The van der Waals surface area contributed by atoms with Gasteiger partial charge in [-0.25, -0.2) is 12.8 Å². The molecule has 2 aromatic rings. The van der Waals surface area contributed by atoms with Gasteiger partial charge < -0.3 is 10.1 Å². The number of halogens is 4. The maximum atomic E-state index is 13.0. The normalized spacial score (nSPS) is 15.8. The molecule has 0 unspecified atom stereocenters. The predicted octanol–water partition coefficient (Wildman–Crippen LogP) is 3.43. The molecule has 0 atom stereocenters. The molecule has 0 radical (unpaired) electrons. The van der Waals surface area contributed by atoms with E-state index in [1.165, 1.54) is 16.4 Å². The summed E-state index contributed by atoms with van der Waals surface area (Å²) in [4.78, 5) is 24.1. The van der Waals surface area contributed by atoms with Crippen LogP contribution in [0, 0.1) is 11.7 Å². The van der Waals surface area contributed by atoms with Crippen LogP contribution in [-0.2, 0) is 30.5 Å². The molecule has 12 heteroatoms. The highest BCUT2D eigenvalue weighted by Gasteiger charge is 2.33.